The van der Waals surface area contributed by atoms with Gasteiger partial charge in [-0.15, -0.1) is 0 Å². The zero-order valence-electron chi connectivity index (χ0n) is 15.2. The van der Waals surface area contributed by atoms with E-state index in [1.54, 1.807) is 0 Å². The highest BCUT2D eigenvalue weighted by molar-refractivity contribution is 6.62. The molecule has 4 nitrogen and oxygen atoms in total. The molecule has 0 aliphatic carbocycles. The van der Waals surface area contributed by atoms with Crippen molar-refractivity contribution >= 4 is 18.3 Å². The van der Waals surface area contributed by atoms with Gasteiger partial charge in [0.2, 0.25) is 0 Å². The fraction of sp³-hybridized carbons (Fsp3) is 0.350. The molecule has 1 N–H and O–H groups in total. The van der Waals surface area contributed by atoms with Crippen LogP contribution in [0.2, 0.25) is 0 Å². The molecule has 1 saturated heterocycles. The Balaban J connectivity index is 1.82. The molecule has 1 fully saturated rings. The molecule has 0 aromatic heterocycles. The average Bonchev–Trinajstić information content (AvgIpc) is 2.81. The fourth-order valence-electron chi connectivity index (χ4n) is 2.72. The molecule has 25 heavy (non-hydrogen) atoms. The summed E-state index contributed by atoms with van der Waals surface area (Å²) in [6.07, 6.45) is 0. The van der Waals surface area contributed by atoms with Crippen molar-refractivity contribution in [3.8, 4) is 6.07 Å². The highest BCUT2D eigenvalue weighted by atomic mass is 16.7. The SMILES string of the molecule is CC1(C)OB(c2ccc(C#N)c(NCc3ccccc3)c2)OC1(C)C. The van der Waals surface area contributed by atoms with Crippen LogP contribution in [0.1, 0.15) is 38.8 Å². The zero-order chi connectivity index (χ0) is 18.1. The lowest BCUT2D eigenvalue weighted by molar-refractivity contribution is 0.00578. The monoisotopic (exact) mass is 334 g/mol. The van der Waals surface area contributed by atoms with E-state index in [4.69, 9.17) is 9.31 Å². The van der Waals surface area contributed by atoms with Gasteiger partial charge in [0.1, 0.15) is 6.07 Å². The molecular formula is C20H23BN2O2. The topological polar surface area (TPSA) is 54.3 Å². The molecule has 128 valence electrons. The van der Waals surface area contributed by atoms with Crippen molar-refractivity contribution in [1.82, 2.24) is 0 Å². The summed E-state index contributed by atoms with van der Waals surface area (Å²) in [4.78, 5) is 0. The number of benzene rings is 2. The van der Waals surface area contributed by atoms with Crippen molar-refractivity contribution in [2.75, 3.05) is 5.32 Å². The van der Waals surface area contributed by atoms with Crippen LogP contribution < -0.4 is 10.8 Å². The first-order valence-corrected chi connectivity index (χ1v) is 8.50. The molecule has 0 saturated carbocycles. The van der Waals surface area contributed by atoms with Gasteiger partial charge in [0.25, 0.3) is 0 Å². The van der Waals surface area contributed by atoms with Crippen molar-refractivity contribution in [3.63, 3.8) is 0 Å². The molecule has 0 spiro atoms. The van der Waals surface area contributed by atoms with Crippen LogP contribution in [-0.2, 0) is 15.9 Å². The molecule has 1 aliphatic heterocycles. The van der Waals surface area contributed by atoms with Gasteiger partial charge in [-0.25, -0.2) is 0 Å². The summed E-state index contributed by atoms with van der Waals surface area (Å²) in [5.41, 5.74) is 2.70. The van der Waals surface area contributed by atoms with E-state index in [0.29, 0.717) is 12.1 Å². The lowest BCUT2D eigenvalue weighted by Gasteiger charge is -2.32. The summed E-state index contributed by atoms with van der Waals surface area (Å²) in [5.74, 6) is 0. The Morgan fingerprint density at radius 3 is 2.24 bits per heavy atom. The van der Waals surface area contributed by atoms with Crippen molar-refractivity contribution < 1.29 is 9.31 Å². The van der Waals surface area contributed by atoms with Gasteiger partial charge >= 0.3 is 7.12 Å². The van der Waals surface area contributed by atoms with Crippen LogP contribution in [-0.4, -0.2) is 18.3 Å². The maximum Gasteiger partial charge on any atom is 0.494 e. The molecule has 5 heteroatoms. The Labute approximate surface area is 149 Å². The predicted molar refractivity (Wildman–Crippen MR) is 101 cm³/mol. The standard InChI is InChI=1S/C20H23BN2O2/c1-19(2)20(3,4)25-21(24-19)17-11-10-16(13-22)18(12-17)23-14-15-8-6-5-7-9-15/h5-12,23H,14H2,1-4H3. The average molecular weight is 334 g/mol. The van der Waals surface area contributed by atoms with Gasteiger partial charge in [-0.3, -0.25) is 0 Å². The molecule has 0 radical (unpaired) electrons. The molecule has 2 aromatic rings. The summed E-state index contributed by atoms with van der Waals surface area (Å²) >= 11 is 0. The van der Waals surface area contributed by atoms with E-state index in [1.807, 2.05) is 64.1 Å². The summed E-state index contributed by atoms with van der Waals surface area (Å²) in [7, 11) is -0.435. The fourth-order valence-corrected chi connectivity index (χ4v) is 2.72. The van der Waals surface area contributed by atoms with E-state index < -0.39 is 7.12 Å². The third kappa shape index (κ3) is 3.56. The van der Waals surface area contributed by atoms with Crippen LogP contribution in [0.4, 0.5) is 5.69 Å². The molecule has 2 aromatic carbocycles. The second-order valence-electron chi connectivity index (χ2n) is 7.34. The van der Waals surface area contributed by atoms with Crippen LogP contribution in [0.3, 0.4) is 0 Å². The first-order chi connectivity index (χ1) is 11.8. The predicted octanol–water partition coefficient (Wildman–Crippen LogP) is 3.47. The normalized spacial score (nSPS) is 18.0. The van der Waals surface area contributed by atoms with Crippen molar-refractivity contribution in [1.29, 1.82) is 5.26 Å². The molecule has 0 bridgehead atoms. The molecule has 1 heterocycles. The molecule has 3 rings (SSSR count). The van der Waals surface area contributed by atoms with Crippen molar-refractivity contribution in [2.24, 2.45) is 0 Å². The number of rotatable bonds is 4. The van der Waals surface area contributed by atoms with E-state index in [0.717, 1.165) is 16.7 Å². The molecule has 0 unspecified atom stereocenters. The lowest BCUT2D eigenvalue weighted by Crippen LogP contribution is -2.41. The van der Waals surface area contributed by atoms with Crippen molar-refractivity contribution in [2.45, 2.75) is 45.4 Å². The van der Waals surface area contributed by atoms with Gasteiger partial charge < -0.3 is 14.6 Å². The number of nitrogens with one attached hydrogen (secondary N) is 1. The molecular weight excluding hydrogens is 311 g/mol. The van der Waals surface area contributed by atoms with Crippen LogP contribution in [0.25, 0.3) is 0 Å². The maximum absolute atomic E-state index is 9.39. The summed E-state index contributed by atoms with van der Waals surface area (Å²) < 4.78 is 12.2. The number of hydrogen-bond acceptors (Lipinski definition) is 4. The quantitative estimate of drug-likeness (QED) is 0.870. The van der Waals surface area contributed by atoms with E-state index in [9.17, 15) is 5.26 Å². The Morgan fingerprint density at radius 2 is 1.64 bits per heavy atom. The first-order valence-electron chi connectivity index (χ1n) is 8.50. The largest absolute Gasteiger partial charge is 0.494 e. The van der Waals surface area contributed by atoms with Crippen LogP contribution in [0.5, 0.6) is 0 Å². The number of hydrogen-bond donors (Lipinski definition) is 1. The minimum absolute atomic E-state index is 0.386. The van der Waals surface area contributed by atoms with E-state index >= 15 is 0 Å². The van der Waals surface area contributed by atoms with Gasteiger partial charge in [0.05, 0.1) is 22.5 Å². The second kappa shape index (κ2) is 6.55. The Morgan fingerprint density at radius 1 is 1.00 bits per heavy atom. The summed E-state index contributed by atoms with van der Waals surface area (Å²) in [6.45, 7) is 8.79. The van der Waals surface area contributed by atoms with E-state index in [1.165, 1.54) is 0 Å². The van der Waals surface area contributed by atoms with Gasteiger partial charge in [0, 0.05) is 6.54 Å². The molecule has 0 atom stereocenters. The second-order valence-corrected chi connectivity index (χ2v) is 7.34. The first kappa shape index (κ1) is 17.5. The van der Waals surface area contributed by atoms with Crippen LogP contribution in [0, 0.1) is 11.3 Å². The van der Waals surface area contributed by atoms with Crippen molar-refractivity contribution in [3.05, 3.63) is 59.7 Å². The van der Waals surface area contributed by atoms with Crippen LogP contribution in [0.15, 0.2) is 48.5 Å². The smallest absolute Gasteiger partial charge is 0.399 e. The van der Waals surface area contributed by atoms with Gasteiger partial charge in [-0.1, -0.05) is 36.4 Å². The summed E-state index contributed by atoms with van der Waals surface area (Å²) in [6, 6.07) is 18.0. The lowest BCUT2D eigenvalue weighted by atomic mass is 9.78. The van der Waals surface area contributed by atoms with Gasteiger partial charge in [-0.2, -0.15) is 5.26 Å². The summed E-state index contributed by atoms with van der Waals surface area (Å²) in [5, 5.41) is 12.7. The van der Waals surface area contributed by atoms with Gasteiger partial charge in [0.15, 0.2) is 0 Å². The third-order valence-corrected chi connectivity index (χ3v) is 5.02. The minimum Gasteiger partial charge on any atom is -0.399 e. The number of anilines is 1. The maximum atomic E-state index is 9.39. The highest BCUT2D eigenvalue weighted by Crippen LogP contribution is 2.36. The number of nitriles is 1. The Kier molecular flexibility index (Phi) is 4.59. The van der Waals surface area contributed by atoms with E-state index in [-0.39, 0.29) is 11.2 Å². The zero-order valence-corrected chi connectivity index (χ0v) is 15.2. The van der Waals surface area contributed by atoms with Gasteiger partial charge in [-0.05, 0) is 50.9 Å². The van der Waals surface area contributed by atoms with Crippen LogP contribution >= 0.6 is 0 Å². The van der Waals surface area contributed by atoms with E-state index in [2.05, 4.69) is 23.5 Å². The highest BCUT2D eigenvalue weighted by Gasteiger charge is 2.51. The molecule has 0 amide bonds. The Bertz CT molecular complexity index is 781. The Hall–Kier alpha value is -2.29. The minimum atomic E-state index is -0.435. The number of nitrogens with zero attached hydrogens (tertiary/aromatic N) is 1. The molecule has 1 aliphatic rings. The third-order valence-electron chi connectivity index (χ3n) is 5.02.